The zero-order valence-electron chi connectivity index (χ0n) is 23.3. The molecular weight excluding hydrogens is 533 g/mol. The number of halogens is 2. The quantitative estimate of drug-likeness (QED) is 0.377. The van der Waals surface area contributed by atoms with Gasteiger partial charge in [0.2, 0.25) is 5.95 Å². The van der Waals surface area contributed by atoms with Crippen molar-refractivity contribution in [3.8, 4) is 11.1 Å². The van der Waals surface area contributed by atoms with Crippen LogP contribution in [0.4, 0.5) is 21.0 Å². The van der Waals surface area contributed by atoms with Gasteiger partial charge in [0.05, 0.1) is 10.5 Å². The van der Waals surface area contributed by atoms with Gasteiger partial charge in [0.25, 0.3) is 0 Å². The van der Waals surface area contributed by atoms with Gasteiger partial charge < -0.3 is 29.3 Å². The predicted molar refractivity (Wildman–Crippen MR) is 157 cm³/mol. The summed E-state index contributed by atoms with van der Waals surface area (Å²) in [7, 11) is 6.01. The Labute approximate surface area is 237 Å². The number of fused-ring (bicyclic) bond motifs is 2. The second-order valence-electron chi connectivity index (χ2n) is 11.3. The topological polar surface area (TPSA) is 81.0 Å². The van der Waals surface area contributed by atoms with Crippen LogP contribution in [0, 0.1) is 5.82 Å². The Hall–Kier alpha value is -3.63. The number of nitrogens with zero attached hydrogens (tertiary/aromatic N) is 7. The van der Waals surface area contributed by atoms with Crippen LogP contribution in [0.25, 0.3) is 32.9 Å². The zero-order valence-corrected chi connectivity index (χ0v) is 24.0. The van der Waals surface area contributed by atoms with Gasteiger partial charge >= 0.3 is 6.09 Å². The van der Waals surface area contributed by atoms with Gasteiger partial charge in [-0.25, -0.2) is 14.2 Å². The molecule has 4 heterocycles. The molecule has 2 aliphatic heterocycles. The summed E-state index contributed by atoms with van der Waals surface area (Å²) in [6.45, 7) is 6.05. The molecule has 40 heavy (non-hydrogen) atoms. The maximum atomic E-state index is 16.7. The summed E-state index contributed by atoms with van der Waals surface area (Å²) in [5.41, 5.74) is 2.11. The van der Waals surface area contributed by atoms with Crippen LogP contribution in [-0.4, -0.2) is 93.9 Å². The summed E-state index contributed by atoms with van der Waals surface area (Å²) in [5, 5.41) is 11.5. The first kappa shape index (κ1) is 26.6. The minimum absolute atomic E-state index is 0.178. The molecule has 210 valence electrons. The van der Waals surface area contributed by atoms with Crippen molar-refractivity contribution in [2.24, 2.45) is 7.05 Å². The maximum absolute atomic E-state index is 16.7. The predicted octanol–water partition coefficient (Wildman–Crippen LogP) is 4.91. The van der Waals surface area contributed by atoms with Gasteiger partial charge in [0.1, 0.15) is 11.3 Å². The molecule has 2 aromatic heterocycles. The molecule has 0 unspecified atom stereocenters. The minimum Gasteiger partial charge on any atom is -0.465 e. The van der Waals surface area contributed by atoms with E-state index in [9.17, 15) is 9.90 Å². The van der Waals surface area contributed by atoms with E-state index in [4.69, 9.17) is 21.6 Å². The van der Waals surface area contributed by atoms with Crippen LogP contribution in [0.2, 0.25) is 5.02 Å². The van der Waals surface area contributed by atoms with Crippen LogP contribution < -0.4 is 9.80 Å². The Morgan fingerprint density at radius 3 is 2.55 bits per heavy atom. The molecule has 2 saturated heterocycles. The molecule has 0 radical (unpaired) electrons. The van der Waals surface area contributed by atoms with Gasteiger partial charge in [-0.15, -0.1) is 0 Å². The number of anilines is 2. The van der Waals surface area contributed by atoms with Gasteiger partial charge in [-0.05, 0) is 40.1 Å². The summed E-state index contributed by atoms with van der Waals surface area (Å²) in [5.74, 6) is 0.545. The van der Waals surface area contributed by atoms with Crippen LogP contribution >= 0.6 is 11.6 Å². The number of aromatic nitrogens is 3. The molecule has 0 saturated carbocycles. The Morgan fingerprint density at radius 1 is 1.10 bits per heavy atom. The molecule has 0 bridgehead atoms. The van der Waals surface area contributed by atoms with E-state index >= 15 is 4.39 Å². The number of hydrogen-bond acceptors (Lipinski definition) is 6. The zero-order chi connectivity index (χ0) is 28.5. The van der Waals surface area contributed by atoms with Gasteiger partial charge in [0, 0.05) is 79.4 Å². The minimum atomic E-state index is -0.948. The number of likely N-dealkylation sites (N-methyl/N-ethyl adjacent to an activating group) is 1. The first-order valence-corrected chi connectivity index (χ1v) is 13.8. The van der Waals surface area contributed by atoms with Crippen LogP contribution in [-0.2, 0) is 7.05 Å². The van der Waals surface area contributed by atoms with Crippen LogP contribution in [0.15, 0.2) is 36.5 Å². The lowest BCUT2D eigenvalue weighted by Crippen LogP contribution is -2.59. The Bertz CT molecular complexity index is 1630. The SMILES string of the molecule is C[C@@H]1CN(c2nc(N3CC(N(C)C)C3)nc3c(F)c(-c4cccc5ccn(C)c45)c(Cl)cc23)[C@@H](C)CN1C(=O)O. The van der Waals surface area contributed by atoms with E-state index in [0.717, 1.165) is 24.0 Å². The number of piperazine rings is 1. The third kappa shape index (κ3) is 4.21. The second-order valence-corrected chi connectivity index (χ2v) is 11.7. The maximum Gasteiger partial charge on any atom is 0.407 e. The largest absolute Gasteiger partial charge is 0.465 e. The number of benzene rings is 2. The summed E-state index contributed by atoms with van der Waals surface area (Å²) in [6, 6.07) is 9.45. The van der Waals surface area contributed by atoms with Gasteiger partial charge in [-0.3, -0.25) is 0 Å². The molecule has 2 atom stereocenters. The summed E-state index contributed by atoms with van der Waals surface area (Å²) < 4.78 is 18.7. The molecule has 4 aromatic rings. The Balaban J connectivity index is 1.54. The number of para-hydroxylation sites is 1. The normalized spacial score (nSPS) is 20.1. The average Bonchev–Trinajstić information content (AvgIpc) is 3.25. The van der Waals surface area contributed by atoms with E-state index in [1.165, 1.54) is 4.90 Å². The van der Waals surface area contributed by atoms with Gasteiger partial charge in [-0.1, -0.05) is 29.8 Å². The van der Waals surface area contributed by atoms with Gasteiger partial charge in [0.15, 0.2) is 5.82 Å². The van der Waals surface area contributed by atoms with E-state index in [1.807, 2.05) is 70.0 Å². The van der Waals surface area contributed by atoms with E-state index in [2.05, 4.69) is 14.7 Å². The number of aryl methyl sites for hydroxylation is 1. The molecule has 0 aliphatic carbocycles. The summed E-state index contributed by atoms with van der Waals surface area (Å²) in [6.07, 6.45) is 1.00. The Kier molecular flexibility index (Phi) is 6.50. The van der Waals surface area contributed by atoms with E-state index in [-0.39, 0.29) is 22.6 Å². The van der Waals surface area contributed by atoms with Crippen molar-refractivity contribution in [3.05, 3.63) is 47.4 Å². The van der Waals surface area contributed by atoms with E-state index in [1.54, 1.807) is 6.07 Å². The van der Waals surface area contributed by atoms with Crippen LogP contribution in [0.1, 0.15) is 13.8 Å². The lowest BCUT2D eigenvalue weighted by Gasteiger charge is -2.45. The first-order valence-electron chi connectivity index (χ1n) is 13.5. The van der Waals surface area contributed by atoms with Crippen molar-refractivity contribution in [3.63, 3.8) is 0 Å². The highest BCUT2D eigenvalue weighted by Crippen LogP contribution is 2.42. The van der Waals surface area contributed by atoms with Crippen LogP contribution in [0.5, 0.6) is 0 Å². The molecule has 2 aromatic carbocycles. The number of hydrogen-bond donors (Lipinski definition) is 1. The highest BCUT2D eigenvalue weighted by molar-refractivity contribution is 6.35. The van der Waals surface area contributed by atoms with Crippen LogP contribution in [0.3, 0.4) is 0 Å². The molecular formula is C29H33ClFN7O2. The number of carbonyl (C=O) groups is 1. The molecule has 1 amide bonds. The standard InChI is InChI=1S/C29H33ClFN7O2/c1-16-13-38(29(39)40)17(2)12-37(16)27-21-11-22(30)23(20-8-6-7-18-9-10-35(5)26(18)20)24(31)25(21)32-28(33-27)36-14-19(15-36)34(3)4/h6-11,16-17,19H,12-15H2,1-5H3,(H,39,40)/t16-,17+/m0/s1. The van der Waals surface area contributed by atoms with Crippen molar-refractivity contribution in [2.45, 2.75) is 32.0 Å². The van der Waals surface area contributed by atoms with Crippen molar-refractivity contribution in [2.75, 3.05) is 50.1 Å². The molecule has 9 nitrogen and oxygen atoms in total. The monoisotopic (exact) mass is 565 g/mol. The van der Waals surface area contributed by atoms with Crippen molar-refractivity contribution < 1.29 is 14.3 Å². The van der Waals surface area contributed by atoms with E-state index in [0.29, 0.717) is 47.4 Å². The third-order valence-electron chi connectivity index (χ3n) is 8.40. The summed E-state index contributed by atoms with van der Waals surface area (Å²) >= 11 is 6.87. The molecule has 11 heteroatoms. The van der Waals surface area contributed by atoms with Crippen molar-refractivity contribution in [1.29, 1.82) is 0 Å². The van der Waals surface area contributed by atoms with Crippen molar-refractivity contribution >= 4 is 51.3 Å². The highest BCUT2D eigenvalue weighted by Gasteiger charge is 2.36. The Morgan fingerprint density at radius 2 is 1.85 bits per heavy atom. The molecule has 6 rings (SSSR count). The van der Waals surface area contributed by atoms with Crippen molar-refractivity contribution in [1.82, 2.24) is 24.3 Å². The first-order chi connectivity index (χ1) is 19.0. The molecule has 2 fully saturated rings. The molecule has 0 spiro atoms. The summed E-state index contributed by atoms with van der Waals surface area (Å²) in [4.78, 5) is 29.3. The fourth-order valence-corrected chi connectivity index (χ4v) is 6.26. The molecule has 1 N–H and O–H groups in total. The number of rotatable bonds is 4. The second kappa shape index (κ2) is 9.78. The average molecular weight is 566 g/mol. The van der Waals surface area contributed by atoms with Gasteiger partial charge in [-0.2, -0.15) is 4.98 Å². The number of carboxylic acid groups (broad SMARTS) is 1. The van der Waals surface area contributed by atoms with E-state index < -0.39 is 11.9 Å². The fraction of sp³-hybridized carbons (Fsp3) is 0.414. The lowest BCUT2D eigenvalue weighted by atomic mass is 9.99. The number of amides is 1. The fourth-order valence-electron chi connectivity index (χ4n) is 5.97. The third-order valence-corrected chi connectivity index (χ3v) is 8.70. The highest BCUT2D eigenvalue weighted by atomic mass is 35.5. The smallest absolute Gasteiger partial charge is 0.407 e. The molecule has 2 aliphatic rings. The lowest BCUT2D eigenvalue weighted by molar-refractivity contribution is 0.114.